The van der Waals surface area contributed by atoms with Crippen molar-refractivity contribution in [1.82, 2.24) is 0 Å². The minimum Gasteiger partial charge on any atom is -0.0907 e. The highest BCUT2D eigenvalue weighted by Crippen LogP contribution is 2.03. The zero-order valence-corrected chi connectivity index (χ0v) is 5.79. The highest BCUT2D eigenvalue weighted by atomic mass is 32.1. The molecule has 0 heterocycles. The summed E-state index contributed by atoms with van der Waals surface area (Å²) in [6, 6.07) is 0. The van der Waals surface area contributed by atoms with E-state index in [2.05, 4.69) is 20.3 Å². The average molecular weight is 116 g/mol. The molecule has 1 atom stereocenters. The van der Waals surface area contributed by atoms with Gasteiger partial charge in [0.2, 0.25) is 0 Å². The number of hydrogen-bond donors (Lipinski definition) is 0. The predicted molar refractivity (Wildman–Crippen MR) is 36.3 cm³/mol. The smallest absolute Gasteiger partial charge is 0.0123 e. The first-order chi connectivity index (χ1) is 3.27. The first kappa shape index (κ1) is 7.35. The van der Waals surface area contributed by atoms with Crippen LogP contribution in [0.1, 0.15) is 26.7 Å². The molecule has 0 amide bonds. The van der Waals surface area contributed by atoms with Gasteiger partial charge in [-0.1, -0.05) is 26.5 Å². The van der Waals surface area contributed by atoms with Crippen molar-refractivity contribution in [2.75, 3.05) is 0 Å². The van der Waals surface area contributed by atoms with Crippen LogP contribution in [0.4, 0.5) is 0 Å². The first-order valence-corrected chi connectivity index (χ1v) is 3.18. The van der Waals surface area contributed by atoms with E-state index in [1.807, 2.05) is 0 Å². The summed E-state index contributed by atoms with van der Waals surface area (Å²) in [5, 5.41) is 0.455. The Morgan fingerprint density at radius 3 is 2.43 bits per heavy atom. The Morgan fingerprint density at radius 2 is 2.29 bits per heavy atom. The molecule has 0 nitrogen and oxygen atoms in total. The maximum Gasteiger partial charge on any atom is 0.0123 e. The molecule has 0 aliphatic heterocycles. The van der Waals surface area contributed by atoms with E-state index in [9.17, 15) is 0 Å². The lowest BCUT2D eigenvalue weighted by Crippen LogP contribution is -1.88. The third-order valence-electron chi connectivity index (χ3n) is 0.862. The van der Waals surface area contributed by atoms with Crippen LogP contribution in [0.25, 0.3) is 0 Å². The lowest BCUT2D eigenvalue weighted by atomic mass is 10.2. The molecule has 42 valence electrons. The van der Waals surface area contributed by atoms with Gasteiger partial charge in [-0.25, -0.2) is 0 Å². The molecule has 1 heteroatoms. The molecule has 0 bridgehead atoms. The molecule has 0 aromatic carbocycles. The van der Waals surface area contributed by atoms with Crippen LogP contribution in [0.3, 0.4) is 0 Å². The maximum atomic E-state index is 4.92. The summed E-state index contributed by atoms with van der Waals surface area (Å²) in [6.45, 7) is 4.14. The van der Waals surface area contributed by atoms with Gasteiger partial charge in [0.25, 0.3) is 0 Å². The van der Waals surface area contributed by atoms with Gasteiger partial charge in [-0.05, 0) is 19.3 Å². The summed E-state index contributed by atoms with van der Waals surface area (Å²) in [6.07, 6.45) is 4.49. The number of rotatable bonds is 3. The summed E-state index contributed by atoms with van der Waals surface area (Å²) < 4.78 is 0. The molecule has 7 heavy (non-hydrogen) atoms. The summed E-state index contributed by atoms with van der Waals surface area (Å²) in [5.41, 5.74) is 0. The molecule has 0 spiro atoms. The van der Waals surface area contributed by atoms with E-state index in [0.717, 1.165) is 6.42 Å². The van der Waals surface area contributed by atoms with E-state index in [4.69, 9.17) is 12.6 Å². The zero-order valence-electron chi connectivity index (χ0n) is 4.98. The fourth-order valence-corrected chi connectivity index (χ4v) is 0.537. The lowest BCUT2D eigenvalue weighted by Gasteiger charge is -1.96. The van der Waals surface area contributed by atoms with E-state index in [1.54, 1.807) is 0 Å². The van der Waals surface area contributed by atoms with Crippen molar-refractivity contribution in [3.05, 3.63) is 6.42 Å². The predicted octanol–water partition coefficient (Wildman–Crippen LogP) is 2.58. The Kier molecular flexibility index (Phi) is 4.73. The van der Waals surface area contributed by atoms with Crippen molar-refractivity contribution in [3.8, 4) is 0 Å². The van der Waals surface area contributed by atoms with E-state index < -0.39 is 0 Å². The largest absolute Gasteiger partial charge is 0.0907 e. The summed E-state index contributed by atoms with van der Waals surface area (Å²) in [4.78, 5) is 0. The van der Waals surface area contributed by atoms with E-state index in [0.29, 0.717) is 5.25 Å². The molecule has 0 N–H and O–H groups in total. The van der Waals surface area contributed by atoms with Gasteiger partial charge >= 0.3 is 0 Å². The third-order valence-corrected chi connectivity index (χ3v) is 1.10. The third kappa shape index (κ3) is 6.35. The summed E-state index contributed by atoms with van der Waals surface area (Å²) in [7, 11) is 0. The van der Waals surface area contributed by atoms with Crippen molar-refractivity contribution in [2.45, 2.75) is 31.9 Å². The second-order valence-corrected chi connectivity index (χ2v) is 2.60. The highest BCUT2D eigenvalue weighted by Gasteiger charge is 1.90. The van der Waals surface area contributed by atoms with Crippen LogP contribution < -0.4 is 0 Å². The normalized spacial score (nSPS) is 14.1. The highest BCUT2D eigenvalue weighted by molar-refractivity contribution is 7.80. The van der Waals surface area contributed by atoms with Crippen LogP contribution in [0.2, 0.25) is 0 Å². The van der Waals surface area contributed by atoms with Crippen molar-refractivity contribution in [2.24, 2.45) is 0 Å². The van der Waals surface area contributed by atoms with Gasteiger partial charge in [0.15, 0.2) is 0 Å². The lowest BCUT2D eigenvalue weighted by molar-refractivity contribution is 0.804. The van der Waals surface area contributed by atoms with E-state index >= 15 is 0 Å². The SMILES string of the molecule is C[CH]CCC(C)[S]. The molecular formula is C6H12S. The number of unbranched alkanes of at least 4 members (excludes halogenated alkanes) is 1. The molecule has 0 aliphatic rings. The first-order valence-electron chi connectivity index (χ1n) is 2.71. The Morgan fingerprint density at radius 1 is 1.71 bits per heavy atom. The van der Waals surface area contributed by atoms with Crippen LogP contribution in [0.5, 0.6) is 0 Å². The number of hydrogen-bond acceptors (Lipinski definition) is 0. The molecule has 0 aliphatic carbocycles. The van der Waals surface area contributed by atoms with Gasteiger partial charge in [-0.15, -0.1) is 0 Å². The van der Waals surface area contributed by atoms with Gasteiger partial charge < -0.3 is 0 Å². The fourth-order valence-electron chi connectivity index (χ4n) is 0.401. The van der Waals surface area contributed by atoms with Crippen LogP contribution in [0, 0.1) is 6.42 Å². The van der Waals surface area contributed by atoms with Gasteiger partial charge in [0.05, 0.1) is 0 Å². The van der Waals surface area contributed by atoms with E-state index in [1.165, 1.54) is 6.42 Å². The second-order valence-electron chi connectivity index (χ2n) is 1.80. The molecule has 0 rings (SSSR count). The quantitative estimate of drug-likeness (QED) is 0.531. The molecule has 0 aromatic rings. The Hall–Kier alpha value is 0.350. The Balaban J connectivity index is 2.68. The van der Waals surface area contributed by atoms with Gasteiger partial charge in [-0.2, -0.15) is 0 Å². The van der Waals surface area contributed by atoms with Gasteiger partial charge in [0, 0.05) is 5.25 Å². The van der Waals surface area contributed by atoms with Crippen molar-refractivity contribution < 1.29 is 0 Å². The van der Waals surface area contributed by atoms with Crippen molar-refractivity contribution in [3.63, 3.8) is 0 Å². The van der Waals surface area contributed by atoms with Crippen LogP contribution in [0.15, 0.2) is 0 Å². The maximum absolute atomic E-state index is 4.92. The fraction of sp³-hybridized carbons (Fsp3) is 0.833. The average Bonchev–Trinajstić information content (AvgIpc) is 1.61. The molecule has 0 saturated carbocycles. The topological polar surface area (TPSA) is 0 Å². The molecular weight excluding hydrogens is 104 g/mol. The van der Waals surface area contributed by atoms with Crippen LogP contribution >= 0.6 is 12.6 Å². The second kappa shape index (κ2) is 4.51. The van der Waals surface area contributed by atoms with Crippen LogP contribution in [-0.2, 0) is 0 Å². The molecule has 0 fully saturated rings. The molecule has 0 saturated heterocycles. The van der Waals surface area contributed by atoms with Crippen molar-refractivity contribution >= 4 is 12.6 Å². The standard InChI is InChI=1S/C6H12S/c1-3-4-5-6(2)7/h3,6H,4-5H2,1-2H3. The van der Waals surface area contributed by atoms with Crippen LogP contribution in [-0.4, -0.2) is 5.25 Å². The molecule has 1 unspecified atom stereocenters. The Labute approximate surface area is 51.7 Å². The minimum atomic E-state index is 0.455. The summed E-state index contributed by atoms with van der Waals surface area (Å²) >= 11 is 4.92. The summed E-state index contributed by atoms with van der Waals surface area (Å²) in [5.74, 6) is 0. The Bertz CT molecular complexity index is 33.2. The van der Waals surface area contributed by atoms with Gasteiger partial charge in [0.1, 0.15) is 0 Å². The van der Waals surface area contributed by atoms with Gasteiger partial charge in [-0.3, -0.25) is 0 Å². The van der Waals surface area contributed by atoms with E-state index in [-0.39, 0.29) is 0 Å². The molecule has 2 radical (unpaired) electrons. The molecule has 0 aromatic heterocycles. The monoisotopic (exact) mass is 116 g/mol. The minimum absolute atomic E-state index is 0.455. The van der Waals surface area contributed by atoms with Crippen molar-refractivity contribution in [1.29, 1.82) is 0 Å². The zero-order chi connectivity index (χ0) is 5.70.